The molecule has 1 aromatic carbocycles. The van der Waals surface area contributed by atoms with Crippen molar-refractivity contribution in [2.75, 3.05) is 11.9 Å². The van der Waals surface area contributed by atoms with Gasteiger partial charge >= 0.3 is 0 Å². The lowest BCUT2D eigenvalue weighted by Crippen LogP contribution is -2.52. The van der Waals surface area contributed by atoms with E-state index >= 15 is 0 Å². The van der Waals surface area contributed by atoms with Gasteiger partial charge in [0.2, 0.25) is 11.8 Å². The van der Waals surface area contributed by atoms with E-state index in [1.165, 1.54) is 13.3 Å². The van der Waals surface area contributed by atoms with E-state index < -0.39 is 6.04 Å². The lowest BCUT2D eigenvalue weighted by Gasteiger charge is -2.31. The van der Waals surface area contributed by atoms with Crippen LogP contribution in [0.5, 0.6) is 0 Å². The van der Waals surface area contributed by atoms with Crippen molar-refractivity contribution in [1.29, 1.82) is 5.41 Å². The van der Waals surface area contributed by atoms with Gasteiger partial charge in [0, 0.05) is 30.3 Å². The maximum absolute atomic E-state index is 13.2. The van der Waals surface area contributed by atoms with Crippen molar-refractivity contribution in [1.82, 2.24) is 10.2 Å². The summed E-state index contributed by atoms with van der Waals surface area (Å²) in [6.07, 6.45) is 7.89. The molecule has 1 saturated carbocycles. The number of hydrogen-bond acceptors (Lipinski definition) is 5. The fourth-order valence-corrected chi connectivity index (χ4v) is 4.77. The highest BCUT2D eigenvalue weighted by molar-refractivity contribution is 6.45. The number of rotatable bonds is 8. The number of amides is 2. The van der Waals surface area contributed by atoms with Crippen LogP contribution in [-0.2, 0) is 14.4 Å². The number of hydrogen-bond donors (Lipinski definition) is 3. The largest absolute Gasteiger partial charge is 0.376 e. The van der Waals surface area contributed by atoms with Gasteiger partial charge in [-0.15, -0.1) is 0 Å². The number of para-hydroxylation sites is 1. The first-order valence-corrected chi connectivity index (χ1v) is 11.5. The summed E-state index contributed by atoms with van der Waals surface area (Å²) < 4.78 is 0. The normalized spacial score (nSPS) is 21.5. The van der Waals surface area contributed by atoms with Crippen LogP contribution in [0.25, 0.3) is 0 Å². The van der Waals surface area contributed by atoms with Crippen LogP contribution in [0.2, 0.25) is 0 Å². The van der Waals surface area contributed by atoms with E-state index in [4.69, 9.17) is 5.41 Å². The second-order valence-electron chi connectivity index (χ2n) is 8.63. The van der Waals surface area contributed by atoms with Crippen LogP contribution >= 0.6 is 0 Å². The predicted molar refractivity (Wildman–Crippen MR) is 121 cm³/mol. The average molecular weight is 427 g/mol. The molecule has 31 heavy (non-hydrogen) atoms. The van der Waals surface area contributed by atoms with Crippen LogP contribution in [-0.4, -0.2) is 52.9 Å². The van der Waals surface area contributed by atoms with E-state index in [0.717, 1.165) is 38.5 Å². The number of carbonyl (C=O) groups is 3. The number of nitrogens with one attached hydrogen (secondary N) is 3. The van der Waals surface area contributed by atoms with E-state index in [2.05, 4.69) is 10.6 Å². The molecule has 2 unspecified atom stereocenters. The molecule has 1 aliphatic carbocycles. The Morgan fingerprint density at radius 2 is 1.77 bits per heavy atom. The maximum Gasteiger partial charge on any atom is 0.243 e. The molecule has 7 heteroatoms. The smallest absolute Gasteiger partial charge is 0.243 e. The monoisotopic (exact) mass is 426 g/mol. The molecular formula is C24H34N4O3. The van der Waals surface area contributed by atoms with Crippen molar-refractivity contribution in [2.45, 2.75) is 83.3 Å². The van der Waals surface area contributed by atoms with Crippen LogP contribution in [0.15, 0.2) is 24.3 Å². The molecule has 1 heterocycles. The van der Waals surface area contributed by atoms with E-state index in [9.17, 15) is 14.4 Å². The van der Waals surface area contributed by atoms with Crippen molar-refractivity contribution < 1.29 is 14.4 Å². The third-order valence-electron chi connectivity index (χ3n) is 6.49. The molecule has 3 N–H and O–H groups in total. The van der Waals surface area contributed by atoms with Gasteiger partial charge in [-0.1, -0.05) is 44.4 Å². The number of carbonyl (C=O) groups excluding carboxylic acids is 3. The summed E-state index contributed by atoms with van der Waals surface area (Å²) in [5.74, 6) is -0.488. The number of Topliss-reactive ketones (excluding diaryl/α,β-unsaturated/α-hetero) is 1. The SMILES string of the molecule is CCC1CCC(C(=O)NC2CCCCC2)N1C(=O)CNc1ccccc1C(=N)C(C)=O. The summed E-state index contributed by atoms with van der Waals surface area (Å²) in [7, 11) is 0. The van der Waals surface area contributed by atoms with Gasteiger partial charge in [0.05, 0.1) is 6.54 Å². The molecule has 3 rings (SSSR count). The maximum atomic E-state index is 13.2. The van der Waals surface area contributed by atoms with Gasteiger partial charge in [-0.3, -0.25) is 19.8 Å². The number of nitrogens with zero attached hydrogens (tertiary/aromatic N) is 1. The van der Waals surface area contributed by atoms with E-state index in [1.54, 1.807) is 29.2 Å². The van der Waals surface area contributed by atoms with Gasteiger partial charge in [0.1, 0.15) is 11.8 Å². The van der Waals surface area contributed by atoms with Gasteiger partial charge in [-0.05, 0) is 38.2 Å². The van der Waals surface area contributed by atoms with Crippen molar-refractivity contribution in [3.05, 3.63) is 29.8 Å². The molecule has 0 radical (unpaired) electrons. The third-order valence-corrected chi connectivity index (χ3v) is 6.49. The van der Waals surface area contributed by atoms with Crippen LogP contribution in [0.3, 0.4) is 0 Å². The Kier molecular flexibility index (Phi) is 7.82. The minimum atomic E-state index is -0.424. The first-order chi connectivity index (χ1) is 14.9. The fourth-order valence-electron chi connectivity index (χ4n) is 4.77. The lowest BCUT2D eigenvalue weighted by atomic mass is 9.95. The van der Waals surface area contributed by atoms with E-state index in [0.29, 0.717) is 17.7 Å². The zero-order valence-electron chi connectivity index (χ0n) is 18.6. The summed E-state index contributed by atoms with van der Waals surface area (Å²) in [6, 6.07) is 6.88. The topological polar surface area (TPSA) is 102 Å². The highest BCUT2D eigenvalue weighted by atomic mass is 16.2. The second-order valence-corrected chi connectivity index (χ2v) is 8.63. The molecule has 2 fully saturated rings. The van der Waals surface area contributed by atoms with Crippen LogP contribution in [0, 0.1) is 5.41 Å². The Bertz CT molecular complexity index is 832. The first-order valence-electron chi connectivity index (χ1n) is 11.5. The Hall–Kier alpha value is -2.70. The molecule has 1 saturated heterocycles. The Morgan fingerprint density at radius 3 is 2.45 bits per heavy atom. The molecule has 1 aliphatic heterocycles. The first kappa shape index (κ1) is 23.0. The fraction of sp³-hybridized carbons (Fsp3) is 0.583. The Labute approximate surface area is 184 Å². The van der Waals surface area contributed by atoms with Crippen molar-refractivity contribution >= 4 is 29.0 Å². The molecule has 0 aromatic heterocycles. The summed E-state index contributed by atoms with van der Waals surface area (Å²) >= 11 is 0. The molecule has 2 atom stereocenters. The summed E-state index contributed by atoms with van der Waals surface area (Å²) in [5.41, 5.74) is 0.960. The van der Waals surface area contributed by atoms with Crippen LogP contribution in [0.1, 0.15) is 70.8 Å². The van der Waals surface area contributed by atoms with Gasteiger partial charge in [0.15, 0.2) is 5.78 Å². The molecule has 0 spiro atoms. The minimum Gasteiger partial charge on any atom is -0.376 e. The van der Waals surface area contributed by atoms with Crippen molar-refractivity contribution in [3.63, 3.8) is 0 Å². The van der Waals surface area contributed by atoms with Crippen LogP contribution < -0.4 is 10.6 Å². The van der Waals surface area contributed by atoms with Crippen molar-refractivity contribution in [3.8, 4) is 0 Å². The van der Waals surface area contributed by atoms with Gasteiger partial charge in [-0.25, -0.2) is 0 Å². The molecule has 7 nitrogen and oxygen atoms in total. The molecule has 2 aliphatic rings. The zero-order valence-corrected chi connectivity index (χ0v) is 18.6. The minimum absolute atomic E-state index is 0.0197. The molecule has 1 aromatic rings. The molecule has 0 bridgehead atoms. The number of anilines is 1. The zero-order chi connectivity index (χ0) is 22.4. The highest BCUT2D eigenvalue weighted by Crippen LogP contribution is 2.28. The molecule has 168 valence electrons. The van der Waals surface area contributed by atoms with Gasteiger partial charge in [0.25, 0.3) is 0 Å². The van der Waals surface area contributed by atoms with Gasteiger partial charge in [-0.2, -0.15) is 0 Å². The van der Waals surface area contributed by atoms with E-state index in [1.807, 2.05) is 6.92 Å². The number of benzene rings is 1. The number of likely N-dealkylation sites (tertiary alicyclic amines) is 1. The Morgan fingerprint density at radius 1 is 1.06 bits per heavy atom. The summed E-state index contributed by atoms with van der Waals surface area (Å²) in [5, 5.41) is 14.3. The molecular weight excluding hydrogens is 392 g/mol. The average Bonchev–Trinajstić information content (AvgIpc) is 3.22. The van der Waals surface area contributed by atoms with Crippen molar-refractivity contribution in [2.24, 2.45) is 0 Å². The summed E-state index contributed by atoms with van der Waals surface area (Å²) in [6.45, 7) is 3.42. The summed E-state index contributed by atoms with van der Waals surface area (Å²) in [4.78, 5) is 39.6. The Balaban J connectivity index is 1.67. The number of ketones is 1. The predicted octanol–water partition coefficient (Wildman–Crippen LogP) is 3.27. The standard InChI is InChI=1S/C24H34N4O3/c1-3-18-13-14-21(24(31)27-17-9-5-4-6-10-17)28(18)22(30)15-26-20-12-8-7-11-19(20)23(25)16(2)29/h7-8,11-12,17-18,21,25-26H,3-6,9-10,13-15H2,1-2H3,(H,27,31). The lowest BCUT2D eigenvalue weighted by molar-refractivity contribution is -0.139. The molecule has 2 amide bonds. The quantitative estimate of drug-likeness (QED) is 0.555. The van der Waals surface area contributed by atoms with Crippen LogP contribution in [0.4, 0.5) is 5.69 Å². The third kappa shape index (κ3) is 5.51. The van der Waals surface area contributed by atoms with E-state index in [-0.39, 0.29) is 41.9 Å². The second kappa shape index (κ2) is 10.6. The highest BCUT2D eigenvalue weighted by Gasteiger charge is 2.40. The van der Waals surface area contributed by atoms with Gasteiger partial charge < -0.3 is 15.5 Å².